The van der Waals surface area contributed by atoms with E-state index in [4.69, 9.17) is 59.8 Å². The molecule has 0 aliphatic heterocycles. The monoisotopic (exact) mass is 1860 g/mol. The Kier molecular flexibility index (Phi) is 26.4. The molecule has 0 N–H and O–H groups in total. The topological polar surface area (TPSA) is 155 Å². The Labute approximate surface area is 843 Å². The molecule has 0 radical (unpaired) electrons. The fourth-order valence-electron chi connectivity index (χ4n) is 18.0. The molecule has 6 heterocycles. The molecule has 0 fully saturated rings. The van der Waals surface area contributed by atoms with Gasteiger partial charge >= 0.3 is 0 Å². The highest BCUT2D eigenvalue weighted by Gasteiger charge is 2.22. The number of rotatable bonds is 20. The van der Waals surface area contributed by atoms with Gasteiger partial charge < -0.3 is 0 Å². The number of fused-ring (bicyclic) bond motifs is 1. The lowest BCUT2D eigenvalue weighted by atomic mass is 9.94. The summed E-state index contributed by atoms with van der Waals surface area (Å²) >= 11 is 0. The second kappa shape index (κ2) is 42.2. The highest BCUT2D eigenvalue weighted by molar-refractivity contribution is 5.90. The van der Waals surface area contributed by atoms with Crippen molar-refractivity contribution in [2.75, 3.05) is 0 Å². The minimum Gasteiger partial charge on any atom is -0.253 e. The minimum absolute atomic E-state index is 0.597. The van der Waals surface area contributed by atoms with Crippen LogP contribution in [0.1, 0.15) is 16.8 Å². The second-order valence-corrected chi connectivity index (χ2v) is 35.8. The van der Waals surface area contributed by atoms with Gasteiger partial charge in [-0.1, -0.05) is 448 Å². The van der Waals surface area contributed by atoms with Gasteiger partial charge in [-0.3, -0.25) is 4.98 Å². The third-order valence-electron chi connectivity index (χ3n) is 25.5. The summed E-state index contributed by atoms with van der Waals surface area (Å²) in [5, 5.41) is 2.40. The number of aryl methyl sites for hydroxylation is 3. The highest BCUT2D eigenvalue weighted by atomic mass is 15.1. The van der Waals surface area contributed by atoms with Crippen LogP contribution in [0.4, 0.5) is 0 Å². The Hall–Kier alpha value is -19.3. The van der Waals surface area contributed by atoms with Crippen LogP contribution in [0.3, 0.4) is 0 Å². The van der Waals surface area contributed by atoms with Gasteiger partial charge in [-0.15, -0.1) is 0 Å². The van der Waals surface area contributed by atoms with Crippen molar-refractivity contribution in [2.24, 2.45) is 0 Å². The highest BCUT2D eigenvalue weighted by Crippen LogP contribution is 2.41. The number of pyridine rings is 3. The van der Waals surface area contributed by atoms with Crippen molar-refractivity contribution in [2.45, 2.75) is 20.8 Å². The molecule has 0 bridgehead atoms. The molecule has 0 atom stereocenters. The van der Waals surface area contributed by atoms with E-state index >= 15 is 0 Å². The Morgan fingerprint density at radius 2 is 0.310 bits per heavy atom. The van der Waals surface area contributed by atoms with E-state index in [2.05, 4.69) is 347 Å². The Bertz CT molecular complexity index is 8200. The van der Waals surface area contributed by atoms with E-state index in [9.17, 15) is 0 Å². The average molecular weight is 1860 g/mol. The van der Waals surface area contributed by atoms with E-state index in [1.165, 1.54) is 21.9 Å². The van der Waals surface area contributed by atoms with Gasteiger partial charge in [0.15, 0.2) is 52.4 Å². The van der Waals surface area contributed by atoms with Crippen LogP contribution in [-0.4, -0.2) is 59.8 Å². The molecule has 24 rings (SSSR count). The molecular formula is C133H94N12. The van der Waals surface area contributed by atoms with Gasteiger partial charge in [0.05, 0.1) is 28.5 Å². The van der Waals surface area contributed by atoms with Gasteiger partial charge in [-0.2, -0.15) is 0 Å². The molecule has 0 aliphatic carbocycles. The normalized spacial score (nSPS) is 11.0. The molecule has 0 amide bonds. The van der Waals surface area contributed by atoms with E-state index in [-0.39, 0.29) is 0 Å². The first kappa shape index (κ1) is 90.8. The maximum absolute atomic E-state index is 5.31. The molecule has 686 valence electrons. The van der Waals surface area contributed by atoms with E-state index in [1.54, 1.807) is 0 Å². The lowest BCUT2D eigenvalue weighted by Gasteiger charge is -2.14. The first-order chi connectivity index (χ1) is 71.5. The van der Waals surface area contributed by atoms with E-state index in [0.717, 1.165) is 179 Å². The maximum Gasteiger partial charge on any atom is 0.164 e. The smallest absolute Gasteiger partial charge is 0.164 e. The van der Waals surface area contributed by atoms with E-state index in [1.807, 2.05) is 189 Å². The van der Waals surface area contributed by atoms with Crippen molar-refractivity contribution < 1.29 is 0 Å². The predicted octanol–water partition coefficient (Wildman–Crippen LogP) is 33.2. The molecule has 24 aromatic rings. The molecule has 12 nitrogen and oxygen atoms in total. The minimum atomic E-state index is 0.597. The van der Waals surface area contributed by atoms with Gasteiger partial charge in [-0.05, 0) is 177 Å². The van der Waals surface area contributed by atoms with Crippen LogP contribution in [0.2, 0.25) is 0 Å². The van der Waals surface area contributed by atoms with Crippen LogP contribution in [0, 0.1) is 20.8 Å². The molecule has 0 spiro atoms. The van der Waals surface area contributed by atoms with Crippen molar-refractivity contribution in [3.05, 3.63) is 532 Å². The van der Waals surface area contributed by atoms with Crippen LogP contribution in [0.5, 0.6) is 0 Å². The summed E-state index contributed by atoms with van der Waals surface area (Å²) in [6.45, 7) is 6.25. The van der Waals surface area contributed by atoms with Gasteiger partial charge in [-0.25, -0.2) is 54.8 Å². The number of hydrogen-bond donors (Lipinski definition) is 0. The quantitative estimate of drug-likeness (QED) is 0.0713. The molecule has 6 aromatic heterocycles. The summed E-state index contributed by atoms with van der Waals surface area (Å²) in [5.41, 5.74) is 35.0. The molecule has 0 saturated carbocycles. The largest absolute Gasteiger partial charge is 0.253 e. The van der Waals surface area contributed by atoms with Crippen molar-refractivity contribution in [1.82, 2.24) is 59.8 Å². The van der Waals surface area contributed by atoms with Gasteiger partial charge in [0, 0.05) is 83.6 Å². The zero-order valence-corrected chi connectivity index (χ0v) is 79.9. The predicted molar refractivity (Wildman–Crippen MR) is 593 cm³/mol. The third-order valence-corrected chi connectivity index (χ3v) is 25.5. The van der Waals surface area contributed by atoms with E-state index in [0.29, 0.717) is 52.4 Å². The van der Waals surface area contributed by atoms with Gasteiger partial charge in [0.1, 0.15) is 0 Å². The summed E-state index contributed by atoms with van der Waals surface area (Å²) in [6, 6.07) is 178. The Morgan fingerprint density at radius 1 is 0.103 bits per heavy atom. The fourth-order valence-corrected chi connectivity index (χ4v) is 18.0. The summed E-state index contributed by atoms with van der Waals surface area (Å²) in [5.74, 6) is 5.66. The second-order valence-electron chi connectivity index (χ2n) is 35.8. The first-order valence-electron chi connectivity index (χ1n) is 48.5. The van der Waals surface area contributed by atoms with Crippen molar-refractivity contribution >= 4 is 10.8 Å². The number of nitrogens with zero attached hydrogens (tertiary/aromatic N) is 12. The first-order valence-corrected chi connectivity index (χ1v) is 48.5. The average Bonchev–Trinajstić information content (AvgIpc) is 0.818. The van der Waals surface area contributed by atoms with Crippen LogP contribution >= 0.6 is 0 Å². The number of benzene rings is 18. The zero-order chi connectivity index (χ0) is 97.6. The van der Waals surface area contributed by atoms with Crippen molar-refractivity contribution in [3.8, 4) is 226 Å². The third kappa shape index (κ3) is 21.3. The van der Waals surface area contributed by atoms with Crippen molar-refractivity contribution in [3.63, 3.8) is 0 Å². The maximum atomic E-state index is 5.31. The lowest BCUT2D eigenvalue weighted by molar-refractivity contribution is 1.07. The fraction of sp³-hybridized carbons (Fsp3) is 0.0226. The number of aromatic nitrogens is 12. The summed E-state index contributed by atoms with van der Waals surface area (Å²) in [7, 11) is 0. The van der Waals surface area contributed by atoms with E-state index < -0.39 is 0 Å². The molecule has 145 heavy (non-hydrogen) atoms. The molecule has 18 aromatic carbocycles. The summed E-state index contributed by atoms with van der Waals surface area (Å²) in [4.78, 5) is 59.9. The van der Waals surface area contributed by atoms with Crippen LogP contribution in [0.25, 0.3) is 236 Å². The van der Waals surface area contributed by atoms with Crippen molar-refractivity contribution in [1.29, 1.82) is 0 Å². The molecule has 0 saturated heterocycles. The van der Waals surface area contributed by atoms with Crippen LogP contribution < -0.4 is 0 Å². The zero-order valence-electron chi connectivity index (χ0n) is 79.9. The Balaban J connectivity index is 0.000000136. The number of hydrogen-bond acceptors (Lipinski definition) is 12. The lowest BCUT2D eigenvalue weighted by Crippen LogP contribution is -2.01. The molecule has 0 aliphatic rings. The SMILES string of the molecule is Cc1cc(-c2ccccc2)cc(-c2cccc(-c3nc(-c4ccccc4)nc(-c4ccccc4)n3)c2)n1.Cc1cc(-c2ccccc2)nc(-c2cccc(-c3nc(-c4ccccc4)nc(-c4ccccc4)n3)c2)c1.Cc1ccc(-c2cc(-c3ccc(-c4cc(-c5ccccc5)cc(-c5ccc6ccccc6c5)n4)cc3)cc(-c3nc(-c4ccc(-c5ccccc5)cc4)nc(-c4ccc(-c5ccccc5)cc4)n3)c2)cc1. The van der Waals surface area contributed by atoms with Crippen LogP contribution in [-0.2, 0) is 0 Å². The Morgan fingerprint density at radius 3 is 0.697 bits per heavy atom. The summed E-state index contributed by atoms with van der Waals surface area (Å²) in [6.07, 6.45) is 0. The van der Waals surface area contributed by atoms with Gasteiger partial charge in [0.2, 0.25) is 0 Å². The van der Waals surface area contributed by atoms with Crippen LogP contribution in [0.15, 0.2) is 516 Å². The molecular weight excluding hydrogens is 1770 g/mol. The molecule has 12 heteroatoms. The standard InChI is InChI=1S/C67H46N4.2C33H24N4/c1-45-21-23-52(24-22-45)59-40-60(53-25-32-54(33-26-53)63-43-61(48-17-9-4-10-18-48)44-64(68-63)58-38-31-49-19-11-12-20-57(49)39-58)42-62(41-59)67-70-65(55-34-27-50(28-35-55)46-13-5-2-6-14-46)69-66(71-67)56-36-29-51(30-37-56)47-15-7-3-8-16-47;1-23-20-29(24-12-5-2-6-13-24)22-30(34-23)27-18-11-19-28(21-27)33-36-31(25-14-7-3-8-15-25)35-32(37-33)26-16-9-4-10-17-26;1-23-20-29(24-12-5-2-6-13-24)34-30(21-23)27-18-11-19-28(22-27)33-36-31(25-14-7-3-8-15-25)35-32(37-33)26-16-9-4-10-17-26/h2-44H,1H3;2*2-22H,1H3. The summed E-state index contributed by atoms with van der Waals surface area (Å²) < 4.78 is 0. The molecule has 0 unspecified atom stereocenters. The van der Waals surface area contributed by atoms with Gasteiger partial charge in [0.25, 0.3) is 0 Å².